The number of carbonyl (C=O) groups excluding carboxylic acids is 1. The number of rotatable bonds is 6. The summed E-state index contributed by atoms with van der Waals surface area (Å²) in [7, 11) is 0. The number of aliphatic hydroxyl groups is 1. The molecule has 138 valence electrons. The van der Waals surface area contributed by atoms with Crippen LogP contribution in [0.25, 0.3) is 0 Å². The van der Waals surface area contributed by atoms with E-state index < -0.39 is 11.2 Å². The second-order valence-corrected chi connectivity index (χ2v) is 6.94. The molecule has 1 aromatic heterocycles. The van der Waals surface area contributed by atoms with E-state index in [0.29, 0.717) is 25.0 Å². The van der Waals surface area contributed by atoms with Gasteiger partial charge in [0.1, 0.15) is 0 Å². The van der Waals surface area contributed by atoms with E-state index in [4.69, 9.17) is 0 Å². The van der Waals surface area contributed by atoms with Crippen LogP contribution in [-0.4, -0.2) is 33.1 Å². The van der Waals surface area contributed by atoms with Crippen LogP contribution in [0.15, 0.2) is 39.9 Å². The predicted molar refractivity (Wildman–Crippen MR) is 96.9 cm³/mol. The Labute approximate surface area is 150 Å². The molecule has 1 aliphatic rings. The molecule has 1 amide bonds. The molecule has 2 aromatic rings. The second-order valence-electron chi connectivity index (χ2n) is 6.94. The molecule has 1 saturated carbocycles. The van der Waals surface area contributed by atoms with Crippen LogP contribution in [0.1, 0.15) is 29.7 Å². The number of aliphatic hydroxyl groups excluding tert-OH is 1. The largest absolute Gasteiger partial charge is 0.393 e. The normalized spacial score (nSPS) is 20.2. The lowest BCUT2D eigenvalue weighted by molar-refractivity contribution is -0.122. The van der Waals surface area contributed by atoms with E-state index in [2.05, 4.69) is 15.3 Å². The minimum absolute atomic E-state index is 0.0987. The Morgan fingerprint density at radius 3 is 2.54 bits per heavy atom. The molecule has 0 radical (unpaired) electrons. The summed E-state index contributed by atoms with van der Waals surface area (Å²) >= 11 is 0. The van der Waals surface area contributed by atoms with Crippen LogP contribution in [0, 0.1) is 12.8 Å². The number of aromatic amines is 2. The van der Waals surface area contributed by atoms with E-state index in [-0.39, 0.29) is 36.0 Å². The highest BCUT2D eigenvalue weighted by Gasteiger charge is 2.34. The van der Waals surface area contributed by atoms with Crippen LogP contribution in [0.4, 0.5) is 0 Å². The molecule has 3 rings (SSSR count). The fourth-order valence-corrected chi connectivity index (χ4v) is 3.42. The Balaban J connectivity index is 1.71. The third-order valence-corrected chi connectivity index (χ3v) is 4.96. The number of amides is 1. The van der Waals surface area contributed by atoms with E-state index in [0.717, 1.165) is 5.56 Å². The fraction of sp³-hybridized carbons (Fsp3) is 0.421. The zero-order valence-electron chi connectivity index (χ0n) is 14.6. The highest BCUT2D eigenvalue weighted by Crippen LogP contribution is 2.31. The monoisotopic (exact) mass is 357 g/mol. The standard InChI is InChI=1S/C19H23N3O4/c1-11-15(18(25)22-19(26)20-11)10-17(24)21-16(13-8-14(23)9-13)7-12-5-3-2-4-6-12/h2-6,13-14,16,23H,7-10H2,1H3,(H,21,24)(H2,20,22,25,26). The summed E-state index contributed by atoms with van der Waals surface area (Å²) in [6, 6.07) is 9.75. The van der Waals surface area contributed by atoms with Gasteiger partial charge in [-0.1, -0.05) is 30.3 Å². The lowest BCUT2D eigenvalue weighted by Gasteiger charge is -2.38. The van der Waals surface area contributed by atoms with Crippen LogP contribution < -0.4 is 16.6 Å². The number of H-pyrrole nitrogens is 2. The van der Waals surface area contributed by atoms with Gasteiger partial charge in [0.05, 0.1) is 12.5 Å². The van der Waals surface area contributed by atoms with Crippen molar-refractivity contribution in [3.63, 3.8) is 0 Å². The van der Waals surface area contributed by atoms with E-state index >= 15 is 0 Å². The molecule has 0 spiro atoms. The van der Waals surface area contributed by atoms with Crippen molar-refractivity contribution in [3.05, 3.63) is 68.0 Å². The van der Waals surface area contributed by atoms with Gasteiger partial charge >= 0.3 is 5.69 Å². The summed E-state index contributed by atoms with van der Waals surface area (Å²) in [5.74, 6) is -0.0583. The Bertz CT molecular complexity index is 882. The number of nitrogens with one attached hydrogen (secondary N) is 3. The number of carbonyl (C=O) groups is 1. The first-order valence-electron chi connectivity index (χ1n) is 8.76. The molecule has 7 nitrogen and oxygen atoms in total. The number of aromatic nitrogens is 2. The van der Waals surface area contributed by atoms with E-state index in [1.807, 2.05) is 30.3 Å². The molecule has 1 aromatic carbocycles. The van der Waals surface area contributed by atoms with Gasteiger partial charge in [-0.15, -0.1) is 0 Å². The van der Waals surface area contributed by atoms with Crippen LogP contribution in [0.5, 0.6) is 0 Å². The van der Waals surface area contributed by atoms with Crippen molar-refractivity contribution in [3.8, 4) is 0 Å². The lowest BCUT2D eigenvalue weighted by Crippen LogP contribution is -2.49. The molecule has 7 heteroatoms. The molecule has 0 saturated heterocycles. The van der Waals surface area contributed by atoms with E-state index in [1.54, 1.807) is 6.92 Å². The predicted octanol–water partition coefficient (Wildman–Crippen LogP) is 0.413. The van der Waals surface area contributed by atoms with Gasteiger partial charge < -0.3 is 15.4 Å². The van der Waals surface area contributed by atoms with Crippen molar-refractivity contribution in [2.24, 2.45) is 5.92 Å². The molecule has 1 fully saturated rings. The molecular formula is C19H23N3O4. The molecule has 1 heterocycles. The summed E-state index contributed by atoms with van der Waals surface area (Å²) in [5.41, 5.74) is 0.640. The third-order valence-electron chi connectivity index (χ3n) is 4.96. The topological polar surface area (TPSA) is 115 Å². The van der Waals surface area contributed by atoms with E-state index in [1.165, 1.54) is 0 Å². The van der Waals surface area contributed by atoms with Crippen LogP contribution in [0.3, 0.4) is 0 Å². The highest BCUT2D eigenvalue weighted by molar-refractivity contribution is 5.79. The molecule has 1 atom stereocenters. The minimum Gasteiger partial charge on any atom is -0.393 e. The molecule has 1 unspecified atom stereocenters. The molecular weight excluding hydrogens is 334 g/mol. The zero-order valence-corrected chi connectivity index (χ0v) is 14.6. The van der Waals surface area contributed by atoms with Crippen LogP contribution in [-0.2, 0) is 17.6 Å². The van der Waals surface area contributed by atoms with Gasteiger partial charge in [0.25, 0.3) is 5.56 Å². The summed E-state index contributed by atoms with van der Waals surface area (Å²) in [6.07, 6.45) is 1.59. The fourth-order valence-electron chi connectivity index (χ4n) is 3.42. The lowest BCUT2D eigenvalue weighted by atomic mass is 9.75. The maximum absolute atomic E-state index is 12.5. The zero-order chi connectivity index (χ0) is 18.7. The summed E-state index contributed by atoms with van der Waals surface area (Å²) in [6.45, 7) is 1.60. The Hall–Kier alpha value is -2.67. The molecule has 26 heavy (non-hydrogen) atoms. The van der Waals surface area contributed by atoms with E-state index in [9.17, 15) is 19.5 Å². The Morgan fingerprint density at radius 1 is 1.23 bits per heavy atom. The first kappa shape index (κ1) is 18.1. The van der Waals surface area contributed by atoms with Crippen molar-refractivity contribution < 1.29 is 9.90 Å². The summed E-state index contributed by atoms with van der Waals surface area (Å²) < 4.78 is 0. The van der Waals surface area contributed by atoms with Gasteiger partial charge in [0, 0.05) is 17.3 Å². The van der Waals surface area contributed by atoms with Crippen LogP contribution >= 0.6 is 0 Å². The first-order chi connectivity index (χ1) is 12.4. The third kappa shape index (κ3) is 4.29. The van der Waals surface area contributed by atoms with Gasteiger partial charge in [0.15, 0.2) is 0 Å². The second kappa shape index (κ2) is 7.70. The number of hydrogen-bond donors (Lipinski definition) is 4. The SMILES string of the molecule is Cc1[nH]c(=O)[nH]c(=O)c1CC(=O)NC(Cc1ccccc1)C1CC(O)C1. The van der Waals surface area contributed by atoms with Crippen molar-refractivity contribution in [2.75, 3.05) is 0 Å². The molecule has 0 aliphatic heterocycles. The average molecular weight is 357 g/mol. The number of benzene rings is 1. The average Bonchev–Trinajstić information content (AvgIpc) is 2.55. The van der Waals surface area contributed by atoms with Crippen molar-refractivity contribution in [2.45, 2.75) is 44.8 Å². The van der Waals surface area contributed by atoms with Crippen molar-refractivity contribution in [1.29, 1.82) is 0 Å². The smallest absolute Gasteiger partial charge is 0.325 e. The molecule has 1 aliphatic carbocycles. The van der Waals surface area contributed by atoms with Gasteiger partial charge in [-0.05, 0) is 37.7 Å². The molecule has 4 N–H and O–H groups in total. The quantitative estimate of drug-likeness (QED) is 0.599. The van der Waals surface area contributed by atoms with Crippen molar-refractivity contribution in [1.82, 2.24) is 15.3 Å². The number of aryl methyl sites for hydroxylation is 1. The van der Waals surface area contributed by atoms with Gasteiger partial charge in [-0.25, -0.2) is 4.79 Å². The maximum atomic E-state index is 12.5. The highest BCUT2D eigenvalue weighted by atomic mass is 16.3. The summed E-state index contributed by atoms with van der Waals surface area (Å²) in [4.78, 5) is 40.4. The maximum Gasteiger partial charge on any atom is 0.325 e. The van der Waals surface area contributed by atoms with Gasteiger partial charge in [-0.3, -0.25) is 14.6 Å². The Morgan fingerprint density at radius 2 is 1.92 bits per heavy atom. The van der Waals surface area contributed by atoms with Crippen molar-refractivity contribution >= 4 is 5.91 Å². The van der Waals surface area contributed by atoms with Gasteiger partial charge in [-0.2, -0.15) is 0 Å². The number of hydrogen-bond acceptors (Lipinski definition) is 4. The summed E-state index contributed by atoms with van der Waals surface area (Å²) in [5, 5.41) is 12.6. The first-order valence-corrected chi connectivity index (χ1v) is 8.76. The molecule has 0 bridgehead atoms. The Kier molecular flexibility index (Phi) is 5.37. The van der Waals surface area contributed by atoms with Gasteiger partial charge in [0.2, 0.25) is 5.91 Å². The minimum atomic E-state index is -0.581. The van der Waals surface area contributed by atoms with Crippen LogP contribution in [0.2, 0.25) is 0 Å².